The van der Waals surface area contributed by atoms with E-state index in [-0.39, 0.29) is 5.57 Å². The molecular weight excluding hydrogens is 440 g/mol. The predicted molar refractivity (Wildman–Crippen MR) is 109 cm³/mol. The number of carbonyl (C=O) groups excluding carboxylic acids is 2. The van der Waals surface area contributed by atoms with Gasteiger partial charge in [0.2, 0.25) is 0 Å². The number of hydrogen-bond acceptors (Lipinski definition) is 6. The third-order valence-corrected chi connectivity index (χ3v) is 4.93. The van der Waals surface area contributed by atoms with E-state index < -0.39 is 17.7 Å². The van der Waals surface area contributed by atoms with Crippen LogP contribution < -0.4 is 4.74 Å². The predicted octanol–water partition coefficient (Wildman–Crippen LogP) is 4.84. The van der Waals surface area contributed by atoms with Crippen LogP contribution >= 0.6 is 15.9 Å². The van der Waals surface area contributed by atoms with Crippen LogP contribution in [0.25, 0.3) is 16.5 Å². The third kappa shape index (κ3) is 3.65. The average Bonchev–Trinajstić information content (AvgIpc) is 3.06. The van der Waals surface area contributed by atoms with Gasteiger partial charge in [-0.05, 0) is 42.0 Å². The summed E-state index contributed by atoms with van der Waals surface area (Å²) in [7, 11) is 1.56. The van der Waals surface area contributed by atoms with Gasteiger partial charge in [-0.3, -0.25) is 0 Å². The van der Waals surface area contributed by atoms with E-state index in [0.717, 1.165) is 9.86 Å². The number of hydrogen-bond donors (Lipinski definition) is 0. The molecule has 6 nitrogen and oxygen atoms in total. The number of halogens is 1. The van der Waals surface area contributed by atoms with E-state index in [0.29, 0.717) is 28.2 Å². The maximum Gasteiger partial charge on any atom is 0.349 e. The number of carbonyl (C=O) groups is 2. The summed E-state index contributed by atoms with van der Waals surface area (Å²) in [5.74, 6) is -1.87. The minimum absolute atomic E-state index is 0.215. The van der Waals surface area contributed by atoms with Gasteiger partial charge in [-0.25, -0.2) is 9.59 Å². The topological polar surface area (TPSA) is 75.0 Å². The maximum absolute atomic E-state index is 12.7. The molecule has 7 heteroatoms. The second-order valence-electron chi connectivity index (χ2n) is 6.95. The van der Waals surface area contributed by atoms with E-state index in [1.807, 2.05) is 12.1 Å². The molecule has 1 saturated heterocycles. The maximum atomic E-state index is 12.7. The largest absolute Gasteiger partial charge is 0.497 e. The highest BCUT2D eigenvalue weighted by Crippen LogP contribution is 2.36. The number of ether oxygens (including phenoxy) is 3. The minimum Gasteiger partial charge on any atom is -0.497 e. The van der Waals surface area contributed by atoms with Crippen LogP contribution in [0.2, 0.25) is 0 Å². The molecule has 148 valence electrons. The van der Waals surface area contributed by atoms with Crippen molar-refractivity contribution in [2.45, 2.75) is 19.6 Å². The highest BCUT2D eigenvalue weighted by atomic mass is 79.9. The Morgan fingerprint density at radius 1 is 0.966 bits per heavy atom. The summed E-state index contributed by atoms with van der Waals surface area (Å²) in [6.45, 7) is 3.01. The Morgan fingerprint density at radius 3 is 2.24 bits per heavy atom. The molecule has 4 rings (SSSR count). The quantitative estimate of drug-likeness (QED) is 0.318. The fourth-order valence-corrected chi connectivity index (χ4v) is 3.54. The molecular formula is C22H17BrO6. The standard InChI is InChI=1S/C22H17BrO6/c1-22(2)28-20(24)19(21(25)29-22)18(12-4-7-15(26-3)8-5-12)17-11-13-10-14(23)6-9-16(13)27-17/h4-11H,1-3H3. The van der Waals surface area contributed by atoms with Gasteiger partial charge < -0.3 is 18.6 Å². The summed E-state index contributed by atoms with van der Waals surface area (Å²) in [6.07, 6.45) is 0. The first-order valence-electron chi connectivity index (χ1n) is 8.82. The second-order valence-corrected chi connectivity index (χ2v) is 7.87. The van der Waals surface area contributed by atoms with Crippen molar-refractivity contribution >= 4 is 44.4 Å². The number of methoxy groups -OCH3 is 1. The van der Waals surface area contributed by atoms with Crippen molar-refractivity contribution in [3.63, 3.8) is 0 Å². The van der Waals surface area contributed by atoms with E-state index in [2.05, 4.69) is 15.9 Å². The Bertz CT molecular complexity index is 1130. The van der Waals surface area contributed by atoms with Crippen molar-refractivity contribution in [2.24, 2.45) is 0 Å². The van der Waals surface area contributed by atoms with Gasteiger partial charge in [0.05, 0.1) is 7.11 Å². The number of benzene rings is 2. The first-order valence-corrected chi connectivity index (χ1v) is 9.61. The smallest absolute Gasteiger partial charge is 0.349 e. The molecule has 2 heterocycles. The number of fused-ring (bicyclic) bond motifs is 1. The van der Waals surface area contributed by atoms with E-state index in [9.17, 15) is 9.59 Å². The Hall–Kier alpha value is -3.06. The fraction of sp³-hybridized carbons (Fsp3) is 0.182. The molecule has 0 bridgehead atoms. The highest BCUT2D eigenvalue weighted by molar-refractivity contribution is 9.10. The molecule has 1 aliphatic heterocycles. The van der Waals surface area contributed by atoms with Gasteiger partial charge in [-0.15, -0.1) is 0 Å². The Morgan fingerprint density at radius 2 is 1.62 bits per heavy atom. The van der Waals surface area contributed by atoms with Crippen LogP contribution in [0.5, 0.6) is 5.75 Å². The van der Waals surface area contributed by atoms with Crippen molar-refractivity contribution in [3.8, 4) is 5.75 Å². The fourth-order valence-electron chi connectivity index (χ4n) is 3.16. The molecule has 0 unspecified atom stereocenters. The molecule has 0 N–H and O–H groups in total. The van der Waals surface area contributed by atoms with E-state index in [1.165, 1.54) is 13.8 Å². The molecule has 29 heavy (non-hydrogen) atoms. The molecule has 0 aliphatic carbocycles. The summed E-state index contributed by atoms with van der Waals surface area (Å²) in [5, 5.41) is 0.818. The summed E-state index contributed by atoms with van der Waals surface area (Å²) >= 11 is 3.43. The van der Waals surface area contributed by atoms with Crippen molar-refractivity contribution in [2.75, 3.05) is 7.11 Å². The van der Waals surface area contributed by atoms with Crippen LogP contribution in [0.1, 0.15) is 25.2 Å². The number of esters is 2. The zero-order chi connectivity index (χ0) is 20.8. The molecule has 1 aliphatic rings. The minimum atomic E-state index is -1.33. The van der Waals surface area contributed by atoms with Gasteiger partial charge >= 0.3 is 11.9 Å². The van der Waals surface area contributed by atoms with Crippen molar-refractivity contribution < 1.29 is 28.2 Å². The van der Waals surface area contributed by atoms with Crippen molar-refractivity contribution in [3.05, 3.63) is 69.9 Å². The molecule has 0 amide bonds. The third-order valence-electron chi connectivity index (χ3n) is 4.44. The monoisotopic (exact) mass is 456 g/mol. The molecule has 0 atom stereocenters. The first-order chi connectivity index (χ1) is 13.8. The van der Waals surface area contributed by atoms with Gasteiger partial charge in [0, 0.05) is 29.3 Å². The Balaban J connectivity index is 1.96. The lowest BCUT2D eigenvalue weighted by Gasteiger charge is -2.30. The SMILES string of the molecule is COc1ccc(C(=C2C(=O)OC(C)(C)OC2=O)c2cc3cc(Br)ccc3o2)cc1. The van der Waals surface area contributed by atoms with Gasteiger partial charge in [0.25, 0.3) is 5.79 Å². The normalized spacial score (nSPS) is 15.8. The summed E-state index contributed by atoms with van der Waals surface area (Å²) in [6, 6.07) is 14.3. The average molecular weight is 457 g/mol. The van der Waals surface area contributed by atoms with E-state index >= 15 is 0 Å². The molecule has 0 spiro atoms. The summed E-state index contributed by atoms with van der Waals surface area (Å²) in [5.41, 5.74) is 1.29. The van der Waals surface area contributed by atoms with E-state index in [4.69, 9.17) is 18.6 Å². The number of cyclic esters (lactones) is 2. The van der Waals surface area contributed by atoms with Crippen molar-refractivity contribution in [1.82, 2.24) is 0 Å². The first kappa shape index (κ1) is 19.3. The van der Waals surface area contributed by atoms with Crippen LogP contribution in [0.4, 0.5) is 0 Å². The lowest BCUT2D eigenvalue weighted by atomic mass is 9.96. The zero-order valence-corrected chi connectivity index (χ0v) is 17.5. The van der Waals surface area contributed by atoms with Crippen LogP contribution in [0.15, 0.2) is 63.0 Å². The summed E-state index contributed by atoms with van der Waals surface area (Å²) < 4.78 is 22.7. The van der Waals surface area contributed by atoms with Crippen LogP contribution in [0.3, 0.4) is 0 Å². The highest BCUT2D eigenvalue weighted by Gasteiger charge is 2.41. The number of rotatable bonds is 3. The van der Waals surface area contributed by atoms with Gasteiger partial charge in [0.1, 0.15) is 17.1 Å². The van der Waals surface area contributed by atoms with Crippen LogP contribution in [-0.2, 0) is 19.1 Å². The zero-order valence-electron chi connectivity index (χ0n) is 15.9. The molecule has 3 aromatic rings. The van der Waals surface area contributed by atoms with Crippen LogP contribution in [-0.4, -0.2) is 24.8 Å². The summed E-state index contributed by atoms with van der Waals surface area (Å²) in [4.78, 5) is 25.5. The second kappa shape index (κ2) is 7.08. The lowest BCUT2D eigenvalue weighted by molar-refractivity contribution is -0.222. The van der Waals surface area contributed by atoms with Gasteiger partial charge in [-0.1, -0.05) is 28.1 Å². The van der Waals surface area contributed by atoms with Gasteiger partial charge in [0.15, 0.2) is 5.57 Å². The molecule has 2 aromatic carbocycles. The van der Waals surface area contributed by atoms with Crippen LogP contribution in [0, 0.1) is 0 Å². The lowest BCUT2D eigenvalue weighted by Crippen LogP contribution is -2.42. The Kier molecular flexibility index (Phi) is 4.70. The molecule has 0 radical (unpaired) electrons. The Labute approximate surface area is 175 Å². The molecule has 0 saturated carbocycles. The molecule has 1 aromatic heterocycles. The number of furan rings is 1. The molecule has 1 fully saturated rings. The van der Waals surface area contributed by atoms with E-state index in [1.54, 1.807) is 43.5 Å². The van der Waals surface area contributed by atoms with Gasteiger partial charge in [-0.2, -0.15) is 0 Å². The van der Waals surface area contributed by atoms with Crippen molar-refractivity contribution in [1.29, 1.82) is 0 Å².